The van der Waals surface area contributed by atoms with E-state index in [2.05, 4.69) is 10.3 Å². The molecule has 1 aliphatic heterocycles. The van der Waals surface area contributed by atoms with Gasteiger partial charge in [0.25, 0.3) is 5.91 Å². The number of carbonyl (C=O) groups excluding carboxylic acids is 4. The van der Waals surface area contributed by atoms with E-state index in [1.165, 1.54) is 23.3 Å². The van der Waals surface area contributed by atoms with Crippen molar-refractivity contribution in [1.82, 2.24) is 19.7 Å². The predicted octanol–water partition coefficient (Wildman–Crippen LogP) is 1.71. The molecule has 1 saturated heterocycles. The van der Waals surface area contributed by atoms with Crippen LogP contribution in [0.5, 0.6) is 0 Å². The summed E-state index contributed by atoms with van der Waals surface area (Å²) in [5.74, 6) is -0.755. The minimum Gasteiger partial charge on any atom is -0.450 e. The van der Waals surface area contributed by atoms with Crippen LogP contribution >= 0.6 is 11.3 Å². The Bertz CT molecular complexity index is 1040. The Morgan fingerprint density at radius 1 is 1.08 bits per heavy atom. The maximum absolute atomic E-state index is 12.8. The number of hydrogen-bond acceptors (Lipinski definition) is 8. The zero-order valence-electron chi connectivity index (χ0n) is 20.5. The van der Waals surface area contributed by atoms with E-state index in [9.17, 15) is 19.2 Å². The number of nitrogens with zero attached hydrogens (tertiary/aromatic N) is 4. The van der Waals surface area contributed by atoms with Crippen LogP contribution in [-0.4, -0.2) is 103 Å². The molecule has 0 atom stereocenters. The molecule has 1 fully saturated rings. The molecule has 0 spiro atoms. The molecule has 4 amide bonds. The van der Waals surface area contributed by atoms with E-state index in [0.29, 0.717) is 55.8 Å². The van der Waals surface area contributed by atoms with E-state index < -0.39 is 5.91 Å². The van der Waals surface area contributed by atoms with Crippen molar-refractivity contribution in [3.8, 4) is 0 Å². The number of piperazine rings is 1. The van der Waals surface area contributed by atoms with Gasteiger partial charge in [0.15, 0.2) is 5.13 Å². The molecule has 1 aromatic heterocycles. The summed E-state index contributed by atoms with van der Waals surface area (Å²) in [6, 6.07) is 8.74. The summed E-state index contributed by atoms with van der Waals surface area (Å²) >= 11 is 1.21. The highest BCUT2D eigenvalue weighted by atomic mass is 32.1. The number of nitrogens with one attached hydrogen (secondary N) is 1. The van der Waals surface area contributed by atoms with Crippen LogP contribution in [0.2, 0.25) is 0 Å². The van der Waals surface area contributed by atoms with Crippen LogP contribution in [0.3, 0.4) is 0 Å². The molecule has 1 N–H and O–H groups in total. The number of methoxy groups -OCH3 is 1. The van der Waals surface area contributed by atoms with Crippen molar-refractivity contribution >= 4 is 40.3 Å². The van der Waals surface area contributed by atoms with Crippen LogP contribution in [0.4, 0.5) is 9.93 Å². The van der Waals surface area contributed by atoms with Gasteiger partial charge in [-0.15, -0.1) is 11.3 Å². The van der Waals surface area contributed by atoms with E-state index in [1.807, 2.05) is 6.07 Å². The second-order valence-corrected chi connectivity index (χ2v) is 8.88. The van der Waals surface area contributed by atoms with Gasteiger partial charge in [-0.25, -0.2) is 9.78 Å². The summed E-state index contributed by atoms with van der Waals surface area (Å²) in [5, 5.41) is 4.79. The maximum atomic E-state index is 12.8. The lowest BCUT2D eigenvalue weighted by Gasteiger charge is -2.34. The van der Waals surface area contributed by atoms with Crippen molar-refractivity contribution in [3.05, 3.63) is 47.0 Å². The van der Waals surface area contributed by atoms with Crippen molar-refractivity contribution in [2.75, 3.05) is 64.9 Å². The van der Waals surface area contributed by atoms with E-state index in [4.69, 9.17) is 9.47 Å². The van der Waals surface area contributed by atoms with E-state index in [0.717, 1.165) is 0 Å². The molecule has 0 bridgehead atoms. The van der Waals surface area contributed by atoms with E-state index in [-0.39, 0.29) is 37.4 Å². The number of carbonyl (C=O) groups is 4. The number of ether oxygens (including phenoxy) is 2. The van der Waals surface area contributed by atoms with Gasteiger partial charge in [0.05, 0.1) is 25.3 Å². The monoisotopic (exact) mass is 517 g/mol. The van der Waals surface area contributed by atoms with Gasteiger partial charge in [0.1, 0.15) is 6.54 Å². The van der Waals surface area contributed by atoms with Gasteiger partial charge in [0, 0.05) is 50.8 Å². The summed E-state index contributed by atoms with van der Waals surface area (Å²) in [4.78, 5) is 59.0. The van der Waals surface area contributed by atoms with Gasteiger partial charge < -0.3 is 29.5 Å². The van der Waals surface area contributed by atoms with E-state index in [1.54, 1.807) is 46.4 Å². The molecule has 0 aliphatic carbocycles. The molecule has 0 unspecified atom stereocenters. The fraction of sp³-hybridized carbons (Fsp3) is 0.458. The number of thiazole rings is 1. The number of benzene rings is 1. The fourth-order valence-electron chi connectivity index (χ4n) is 3.61. The highest BCUT2D eigenvalue weighted by Crippen LogP contribution is 2.17. The van der Waals surface area contributed by atoms with Crippen molar-refractivity contribution in [2.24, 2.45) is 0 Å². The lowest BCUT2D eigenvalue weighted by Crippen LogP contribution is -2.51. The smallest absolute Gasteiger partial charge is 0.409 e. The number of hydrogen-bond donors (Lipinski definition) is 1. The molecular formula is C24H31N5O6S. The van der Waals surface area contributed by atoms with Crippen molar-refractivity contribution in [2.45, 2.75) is 13.3 Å². The first kappa shape index (κ1) is 27.1. The molecule has 12 heteroatoms. The van der Waals surface area contributed by atoms with Gasteiger partial charge in [-0.1, -0.05) is 18.2 Å². The van der Waals surface area contributed by atoms with Crippen molar-refractivity contribution < 1.29 is 28.7 Å². The average Bonchev–Trinajstić information content (AvgIpc) is 3.33. The van der Waals surface area contributed by atoms with Crippen molar-refractivity contribution in [1.29, 1.82) is 0 Å². The molecule has 1 aliphatic rings. The Morgan fingerprint density at radius 2 is 1.78 bits per heavy atom. The molecule has 0 radical (unpaired) electrons. The Hall–Kier alpha value is -3.51. The molecule has 2 aromatic rings. The Balaban J connectivity index is 1.50. The molecule has 11 nitrogen and oxygen atoms in total. The van der Waals surface area contributed by atoms with Crippen LogP contribution in [-0.2, 0) is 25.5 Å². The molecule has 3 rings (SSSR count). The summed E-state index contributed by atoms with van der Waals surface area (Å²) < 4.78 is 10.1. The quantitative estimate of drug-likeness (QED) is 0.509. The lowest BCUT2D eigenvalue weighted by molar-refractivity contribution is -0.132. The fourth-order valence-corrected chi connectivity index (χ4v) is 4.34. The van der Waals surface area contributed by atoms with Gasteiger partial charge in [-0.3, -0.25) is 14.4 Å². The third-order valence-electron chi connectivity index (χ3n) is 5.50. The van der Waals surface area contributed by atoms with Gasteiger partial charge in [0.2, 0.25) is 11.8 Å². The Morgan fingerprint density at radius 3 is 2.44 bits per heavy atom. The number of anilines is 1. The van der Waals surface area contributed by atoms with Gasteiger partial charge in [-0.2, -0.15) is 0 Å². The van der Waals surface area contributed by atoms with Crippen LogP contribution < -0.4 is 5.32 Å². The number of aromatic nitrogens is 1. The Labute approximate surface area is 214 Å². The SMILES string of the molecule is CCOC(=O)N1CCN(C(=O)Cc2csc(NC(=O)CN(CCOC)C(=O)c3ccccc3)n2)CC1. The molecular weight excluding hydrogens is 486 g/mol. The third-order valence-corrected chi connectivity index (χ3v) is 6.30. The standard InChI is InChI=1S/C24H31N5O6S/c1-3-35-24(33)28-11-9-27(10-12-28)21(31)15-19-17-36-23(25-19)26-20(30)16-29(13-14-34-2)22(32)18-7-5-4-6-8-18/h4-8,17H,3,9-16H2,1-2H3,(H,25,26,30). The largest absolute Gasteiger partial charge is 0.450 e. The first-order chi connectivity index (χ1) is 17.4. The van der Waals surface area contributed by atoms with E-state index >= 15 is 0 Å². The van der Waals surface area contributed by atoms with Gasteiger partial charge >= 0.3 is 6.09 Å². The van der Waals surface area contributed by atoms with Crippen LogP contribution in [0.1, 0.15) is 23.0 Å². The molecule has 1 aromatic carbocycles. The summed E-state index contributed by atoms with van der Waals surface area (Å²) in [7, 11) is 1.53. The van der Waals surface area contributed by atoms with Crippen LogP contribution in [0, 0.1) is 0 Å². The van der Waals surface area contributed by atoms with Gasteiger partial charge in [-0.05, 0) is 19.1 Å². The maximum Gasteiger partial charge on any atom is 0.409 e. The third kappa shape index (κ3) is 7.75. The molecule has 2 heterocycles. The topological polar surface area (TPSA) is 121 Å². The molecule has 0 saturated carbocycles. The minimum absolute atomic E-state index is 0.0955. The number of rotatable bonds is 10. The highest BCUT2D eigenvalue weighted by molar-refractivity contribution is 7.13. The summed E-state index contributed by atoms with van der Waals surface area (Å²) in [5.41, 5.74) is 1.03. The van der Waals surface area contributed by atoms with Crippen molar-refractivity contribution in [3.63, 3.8) is 0 Å². The Kier molecular flexibility index (Phi) is 10.2. The predicted molar refractivity (Wildman–Crippen MR) is 134 cm³/mol. The average molecular weight is 518 g/mol. The number of amides is 4. The molecule has 194 valence electrons. The first-order valence-corrected chi connectivity index (χ1v) is 12.6. The highest BCUT2D eigenvalue weighted by Gasteiger charge is 2.25. The first-order valence-electron chi connectivity index (χ1n) is 11.7. The summed E-state index contributed by atoms with van der Waals surface area (Å²) in [6.07, 6.45) is -0.270. The normalized spacial score (nSPS) is 13.3. The summed E-state index contributed by atoms with van der Waals surface area (Å²) in [6.45, 7) is 4.17. The second kappa shape index (κ2) is 13.5. The lowest BCUT2D eigenvalue weighted by atomic mass is 10.2. The zero-order valence-corrected chi connectivity index (χ0v) is 21.3. The van der Waals surface area contributed by atoms with Crippen LogP contribution in [0.25, 0.3) is 0 Å². The zero-order chi connectivity index (χ0) is 25.9. The van der Waals surface area contributed by atoms with Crippen LogP contribution in [0.15, 0.2) is 35.7 Å². The minimum atomic E-state index is -0.391. The second-order valence-electron chi connectivity index (χ2n) is 8.02. The molecule has 36 heavy (non-hydrogen) atoms.